The van der Waals surface area contributed by atoms with Gasteiger partial charge in [0.05, 0.1) is 17.0 Å². The normalized spacial score (nSPS) is 12.2. The maximum absolute atomic E-state index is 13.4. The molecule has 31 heavy (non-hydrogen) atoms. The van der Waals surface area contributed by atoms with Crippen molar-refractivity contribution in [2.45, 2.75) is 12.4 Å². The largest absolute Gasteiger partial charge is 0.433 e. The molecule has 4 aromatic rings. The summed E-state index contributed by atoms with van der Waals surface area (Å²) in [5.41, 5.74) is -1.91. The van der Waals surface area contributed by atoms with E-state index in [0.29, 0.717) is 17.3 Å². The molecule has 12 heteroatoms. The van der Waals surface area contributed by atoms with Crippen LogP contribution in [0.2, 0.25) is 0 Å². The van der Waals surface area contributed by atoms with Crippen LogP contribution in [0.3, 0.4) is 0 Å². The minimum absolute atomic E-state index is 0.138. The first-order chi connectivity index (χ1) is 14.6. The summed E-state index contributed by atoms with van der Waals surface area (Å²) in [5.74, 6) is -0.405. The SMILES string of the molecule is FC(F)(F)c1cccc(-c2cc(C(F)(F)F)nc(-n3cnc(-c4cncnc4)c3)n2)c1. The highest BCUT2D eigenvalue weighted by Gasteiger charge is 2.35. The number of hydrogen-bond donors (Lipinski definition) is 0. The number of aromatic nitrogens is 6. The Morgan fingerprint density at radius 1 is 0.774 bits per heavy atom. The lowest BCUT2D eigenvalue weighted by Crippen LogP contribution is -2.12. The van der Waals surface area contributed by atoms with Crippen LogP contribution in [0.15, 0.2) is 61.6 Å². The Labute approximate surface area is 170 Å². The average molecular weight is 436 g/mol. The van der Waals surface area contributed by atoms with Crippen molar-refractivity contribution in [1.29, 1.82) is 0 Å². The zero-order chi connectivity index (χ0) is 22.2. The van der Waals surface area contributed by atoms with E-state index in [1.807, 2.05) is 0 Å². The second-order valence-corrected chi connectivity index (χ2v) is 6.31. The van der Waals surface area contributed by atoms with Crippen LogP contribution >= 0.6 is 0 Å². The van der Waals surface area contributed by atoms with E-state index < -0.39 is 29.6 Å². The summed E-state index contributed by atoms with van der Waals surface area (Å²) >= 11 is 0. The van der Waals surface area contributed by atoms with E-state index >= 15 is 0 Å². The first kappa shape index (κ1) is 20.4. The predicted octanol–water partition coefficient (Wildman–Crippen LogP) is 4.82. The van der Waals surface area contributed by atoms with Gasteiger partial charge in [-0.3, -0.25) is 4.57 Å². The molecule has 0 N–H and O–H groups in total. The van der Waals surface area contributed by atoms with Gasteiger partial charge >= 0.3 is 12.4 Å². The molecule has 0 unspecified atom stereocenters. The molecule has 1 aromatic carbocycles. The summed E-state index contributed by atoms with van der Waals surface area (Å²) in [6.07, 6.45) is -2.72. The van der Waals surface area contributed by atoms with Crippen molar-refractivity contribution in [3.63, 3.8) is 0 Å². The molecule has 0 atom stereocenters. The number of nitrogens with zero attached hydrogens (tertiary/aromatic N) is 6. The molecule has 0 amide bonds. The lowest BCUT2D eigenvalue weighted by Gasteiger charge is -2.12. The molecule has 0 fully saturated rings. The number of alkyl halides is 6. The van der Waals surface area contributed by atoms with E-state index in [0.717, 1.165) is 22.8 Å². The molecular weight excluding hydrogens is 426 g/mol. The quantitative estimate of drug-likeness (QED) is 0.431. The lowest BCUT2D eigenvalue weighted by atomic mass is 10.1. The lowest BCUT2D eigenvalue weighted by molar-refractivity contribution is -0.141. The number of rotatable bonds is 3. The Kier molecular flexibility index (Phi) is 4.91. The summed E-state index contributed by atoms with van der Waals surface area (Å²) in [6, 6.07) is 4.48. The van der Waals surface area contributed by atoms with Crippen molar-refractivity contribution in [2.24, 2.45) is 0 Å². The van der Waals surface area contributed by atoms with Gasteiger partial charge in [0.15, 0.2) is 5.69 Å². The van der Waals surface area contributed by atoms with Gasteiger partial charge in [-0.1, -0.05) is 12.1 Å². The predicted molar refractivity (Wildman–Crippen MR) is 95.6 cm³/mol. The van der Waals surface area contributed by atoms with Crippen LogP contribution in [-0.2, 0) is 12.4 Å². The van der Waals surface area contributed by atoms with Crippen molar-refractivity contribution in [3.8, 4) is 28.5 Å². The third-order valence-electron chi connectivity index (χ3n) is 4.16. The Bertz CT molecular complexity index is 1220. The average Bonchev–Trinajstić information content (AvgIpc) is 3.23. The van der Waals surface area contributed by atoms with Crippen molar-refractivity contribution in [3.05, 3.63) is 72.8 Å². The fourth-order valence-electron chi connectivity index (χ4n) is 2.71. The van der Waals surface area contributed by atoms with Crippen LogP contribution in [0.1, 0.15) is 11.3 Å². The fourth-order valence-corrected chi connectivity index (χ4v) is 2.71. The van der Waals surface area contributed by atoms with Gasteiger partial charge in [0.25, 0.3) is 0 Å². The second-order valence-electron chi connectivity index (χ2n) is 6.31. The Hall–Kier alpha value is -3.83. The van der Waals surface area contributed by atoms with E-state index in [1.165, 1.54) is 37.3 Å². The molecule has 4 rings (SSSR count). The first-order valence-corrected chi connectivity index (χ1v) is 8.55. The molecule has 0 aliphatic heterocycles. The van der Waals surface area contributed by atoms with Gasteiger partial charge < -0.3 is 0 Å². The minimum Gasteiger partial charge on any atom is -0.274 e. The van der Waals surface area contributed by atoms with Crippen LogP contribution in [0.25, 0.3) is 28.5 Å². The Morgan fingerprint density at radius 3 is 2.19 bits per heavy atom. The van der Waals surface area contributed by atoms with Gasteiger partial charge in [0.2, 0.25) is 5.95 Å². The summed E-state index contributed by atoms with van der Waals surface area (Å²) in [6.45, 7) is 0. The molecule has 0 saturated carbocycles. The smallest absolute Gasteiger partial charge is 0.274 e. The molecule has 3 heterocycles. The van der Waals surface area contributed by atoms with E-state index in [1.54, 1.807) is 0 Å². The van der Waals surface area contributed by atoms with Gasteiger partial charge in [0, 0.05) is 29.7 Å². The highest BCUT2D eigenvalue weighted by atomic mass is 19.4. The molecule has 3 aromatic heterocycles. The monoisotopic (exact) mass is 436 g/mol. The maximum atomic E-state index is 13.4. The third-order valence-corrected chi connectivity index (χ3v) is 4.16. The summed E-state index contributed by atoms with van der Waals surface area (Å²) in [7, 11) is 0. The van der Waals surface area contributed by atoms with Crippen LogP contribution in [-0.4, -0.2) is 29.5 Å². The number of hydrogen-bond acceptors (Lipinski definition) is 5. The molecule has 0 bridgehead atoms. The van der Waals surface area contributed by atoms with E-state index in [2.05, 4.69) is 24.9 Å². The standard InChI is InChI=1S/C19H10F6N6/c20-18(21,22)13-3-1-2-11(4-13)14-5-16(19(23,24)25)30-17(29-14)31-8-15(28-10-31)12-6-26-9-27-7-12/h1-10H. The first-order valence-electron chi connectivity index (χ1n) is 8.55. The molecule has 0 radical (unpaired) electrons. The zero-order valence-corrected chi connectivity index (χ0v) is 15.2. The van der Waals surface area contributed by atoms with Gasteiger partial charge in [-0.25, -0.2) is 24.9 Å². The van der Waals surface area contributed by atoms with Crippen LogP contribution < -0.4 is 0 Å². The maximum Gasteiger partial charge on any atom is 0.433 e. The van der Waals surface area contributed by atoms with E-state index in [-0.39, 0.29) is 11.3 Å². The van der Waals surface area contributed by atoms with Gasteiger partial charge in [-0.15, -0.1) is 0 Å². The number of imidazole rings is 1. The molecule has 0 aliphatic rings. The molecule has 158 valence electrons. The molecular formula is C19H10F6N6. The number of benzene rings is 1. The fraction of sp³-hybridized carbons (Fsp3) is 0.105. The second kappa shape index (κ2) is 7.45. The van der Waals surface area contributed by atoms with Crippen molar-refractivity contribution >= 4 is 0 Å². The summed E-state index contributed by atoms with van der Waals surface area (Å²) < 4.78 is 80.4. The highest BCUT2D eigenvalue weighted by Crippen LogP contribution is 2.34. The van der Waals surface area contributed by atoms with Crippen molar-refractivity contribution in [1.82, 2.24) is 29.5 Å². The molecule has 6 nitrogen and oxygen atoms in total. The van der Waals surface area contributed by atoms with Crippen molar-refractivity contribution in [2.75, 3.05) is 0 Å². The van der Waals surface area contributed by atoms with E-state index in [4.69, 9.17) is 0 Å². The summed E-state index contributed by atoms with van der Waals surface area (Å²) in [4.78, 5) is 19.3. The van der Waals surface area contributed by atoms with Crippen molar-refractivity contribution < 1.29 is 26.3 Å². The van der Waals surface area contributed by atoms with Gasteiger partial charge in [-0.2, -0.15) is 26.3 Å². The third kappa shape index (κ3) is 4.37. The minimum atomic E-state index is -4.84. The van der Waals surface area contributed by atoms with Gasteiger partial charge in [0.1, 0.15) is 12.7 Å². The zero-order valence-electron chi connectivity index (χ0n) is 15.2. The Morgan fingerprint density at radius 2 is 1.52 bits per heavy atom. The van der Waals surface area contributed by atoms with E-state index in [9.17, 15) is 26.3 Å². The molecule has 0 saturated heterocycles. The molecule has 0 spiro atoms. The summed E-state index contributed by atoms with van der Waals surface area (Å²) in [5, 5.41) is 0. The molecule has 0 aliphatic carbocycles. The van der Waals surface area contributed by atoms with Crippen LogP contribution in [0.4, 0.5) is 26.3 Å². The number of halogens is 6. The highest BCUT2D eigenvalue weighted by molar-refractivity contribution is 5.62. The Balaban J connectivity index is 1.83. The topological polar surface area (TPSA) is 69.4 Å². The van der Waals surface area contributed by atoms with Crippen LogP contribution in [0, 0.1) is 0 Å². The van der Waals surface area contributed by atoms with Crippen LogP contribution in [0.5, 0.6) is 0 Å². The van der Waals surface area contributed by atoms with Gasteiger partial charge in [-0.05, 0) is 18.2 Å².